The Labute approximate surface area is 86.1 Å². The third-order valence-corrected chi connectivity index (χ3v) is 2.92. The molecule has 3 nitrogen and oxygen atoms in total. The van der Waals surface area contributed by atoms with Crippen LogP contribution in [0.2, 0.25) is 0 Å². The number of hydrogen-bond acceptors (Lipinski definition) is 3. The van der Waals surface area contributed by atoms with Gasteiger partial charge in [-0.15, -0.1) is 0 Å². The fraction of sp³-hybridized carbons (Fsp3) is 0.444. The van der Waals surface area contributed by atoms with E-state index in [1.54, 1.807) is 0 Å². The van der Waals surface area contributed by atoms with E-state index in [0.717, 1.165) is 29.8 Å². The molecule has 1 aliphatic heterocycles. The molecule has 0 spiro atoms. The third kappa shape index (κ3) is 2.07. The Bertz CT molecular complexity index is 297. The lowest BCUT2D eigenvalue weighted by molar-refractivity contribution is 0.140. The van der Waals surface area contributed by atoms with Crippen molar-refractivity contribution >= 4 is 15.9 Å². The quantitative estimate of drug-likeness (QED) is 0.840. The van der Waals surface area contributed by atoms with E-state index in [2.05, 4.69) is 25.8 Å². The summed E-state index contributed by atoms with van der Waals surface area (Å²) in [6.45, 7) is 2.88. The Morgan fingerprint density at radius 3 is 3.00 bits per heavy atom. The van der Waals surface area contributed by atoms with Gasteiger partial charge in [0.1, 0.15) is 0 Å². The molecule has 0 aromatic carbocycles. The first-order valence-corrected chi connectivity index (χ1v) is 5.12. The molecule has 0 bridgehead atoms. The first kappa shape index (κ1) is 9.12. The monoisotopic (exact) mass is 241 g/mol. The summed E-state index contributed by atoms with van der Waals surface area (Å²) in [6.07, 6.45) is 1.82. The highest BCUT2D eigenvalue weighted by molar-refractivity contribution is 9.10. The van der Waals surface area contributed by atoms with Crippen molar-refractivity contribution in [1.29, 1.82) is 0 Å². The fourth-order valence-electron chi connectivity index (χ4n) is 1.49. The van der Waals surface area contributed by atoms with E-state index in [1.807, 2.05) is 18.3 Å². The summed E-state index contributed by atoms with van der Waals surface area (Å²) >= 11 is 3.47. The van der Waals surface area contributed by atoms with E-state index < -0.39 is 0 Å². The van der Waals surface area contributed by atoms with Gasteiger partial charge in [-0.05, 0) is 28.1 Å². The molecular formula is C9H12BrN3. The van der Waals surface area contributed by atoms with E-state index in [4.69, 9.17) is 5.73 Å². The number of pyridine rings is 1. The summed E-state index contributed by atoms with van der Waals surface area (Å²) in [7, 11) is 0. The zero-order chi connectivity index (χ0) is 9.26. The highest BCUT2D eigenvalue weighted by Crippen LogP contribution is 2.17. The summed E-state index contributed by atoms with van der Waals surface area (Å²) in [5.41, 5.74) is 6.78. The number of halogens is 1. The molecule has 13 heavy (non-hydrogen) atoms. The Kier molecular flexibility index (Phi) is 2.62. The van der Waals surface area contributed by atoms with Crippen LogP contribution in [0.15, 0.2) is 22.8 Å². The molecule has 2 N–H and O–H groups in total. The topological polar surface area (TPSA) is 42.1 Å². The predicted octanol–water partition coefficient (Wildman–Crippen LogP) is 0.987. The van der Waals surface area contributed by atoms with Gasteiger partial charge < -0.3 is 5.73 Å². The molecule has 70 valence electrons. The molecule has 0 radical (unpaired) electrons. The molecule has 1 aliphatic rings. The van der Waals surface area contributed by atoms with Gasteiger partial charge in [-0.25, -0.2) is 0 Å². The highest BCUT2D eigenvalue weighted by atomic mass is 79.9. The lowest BCUT2D eigenvalue weighted by Gasteiger charge is -2.36. The molecule has 0 unspecified atom stereocenters. The zero-order valence-corrected chi connectivity index (χ0v) is 8.87. The fourth-order valence-corrected chi connectivity index (χ4v) is 1.87. The van der Waals surface area contributed by atoms with Crippen molar-refractivity contribution in [2.24, 2.45) is 5.73 Å². The Morgan fingerprint density at radius 1 is 1.62 bits per heavy atom. The Morgan fingerprint density at radius 2 is 2.38 bits per heavy atom. The molecule has 2 heterocycles. The first-order chi connectivity index (χ1) is 6.25. The van der Waals surface area contributed by atoms with Crippen LogP contribution in [0.4, 0.5) is 0 Å². The maximum Gasteiger partial charge on any atom is 0.0685 e. The standard InChI is InChI=1S/C9H12BrN3/c10-8-2-1-3-12-9(8)6-13-4-7(11)5-13/h1-3,7H,4-6,11H2. The predicted molar refractivity (Wildman–Crippen MR) is 55.2 cm³/mol. The van der Waals surface area contributed by atoms with Gasteiger partial charge in [-0.2, -0.15) is 0 Å². The van der Waals surface area contributed by atoms with Crippen molar-refractivity contribution in [3.05, 3.63) is 28.5 Å². The van der Waals surface area contributed by atoms with Crippen LogP contribution in [0, 0.1) is 0 Å². The molecule has 1 fully saturated rings. The van der Waals surface area contributed by atoms with Gasteiger partial charge in [0.25, 0.3) is 0 Å². The van der Waals surface area contributed by atoms with Crippen LogP contribution >= 0.6 is 15.9 Å². The van der Waals surface area contributed by atoms with Crippen LogP contribution in [-0.4, -0.2) is 29.0 Å². The molecule has 0 atom stereocenters. The van der Waals surface area contributed by atoms with Crippen molar-refractivity contribution in [2.75, 3.05) is 13.1 Å². The minimum atomic E-state index is 0.363. The molecule has 0 amide bonds. The van der Waals surface area contributed by atoms with E-state index >= 15 is 0 Å². The van der Waals surface area contributed by atoms with Crippen LogP contribution in [0.25, 0.3) is 0 Å². The number of aromatic nitrogens is 1. The van der Waals surface area contributed by atoms with Crippen molar-refractivity contribution in [3.63, 3.8) is 0 Å². The molecular weight excluding hydrogens is 230 g/mol. The van der Waals surface area contributed by atoms with Gasteiger partial charge in [0.05, 0.1) is 5.69 Å². The van der Waals surface area contributed by atoms with Crippen LogP contribution in [0.1, 0.15) is 5.69 Å². The second-order valence-electron chi connectivity index (χ2n) is 3.39. The molecule has 0 saturated carbocycles. The van der Waals surface area contributed by atoms with Gasteiger partial charge in [-0.3, -0.25) is 9.88 Å². The summed E-state index contributed by atoms with van der Waals surface area (Å²) in [6, 6.07) is 4.31. The summed E-state index contributed by atoms with van der Waals surface area (Å²) in [4.78, 5) is 6.59. The number of nitrogens with two attached hydrogens (primary N) is 1. The maximum atomic E-state index is 5.69. The Hall–Kier alpha value is -0.450. The maximum absolute atomic E-state index is 5.69. The number of likely N-dealkylation sites (tertiary alicyclic amines) is 1. The summed E-state index contributed by atoms with van der Waals surface area (Å²) in [5.74, 6) is 0. The van der Waals surface area contributed by atoms with Crippen LogP contribution < -0.4 is 5.73 Å². The minimum Gasteiger partial charge on any atom is -0.325 e. The average molecular weight is 242 g/mol. The van der Waals surface area contributed by atoms with Crippen LogP contribution in [0.5, 0.6) is 0 Å². The lowest BCUT2D eigenvalue weighted by Crippen LogP contribution is -2.55. The van der Waals surface area contributed by atoms with Crippen molar-refractivity contribution in [3.8, 4) is 0 Å². The van der Waals surface area contributed by atoms with E-state index in [-0.39, 0.29) is 0 Å². The Balaban J connectivity index is 1.98. The van der Waals surface area contributed by atoms with E-state index in [0.29, 0.717) is 6.04 Å². The van der Waals surface area contributed by atoms with E-state index in [9.17, 15) is 0 Å². The normalized spacial score (nSPS) is 18.6. The summed E-state index contributed by atoms with van der Waals surface area (Å²) in [5, 5.41) is 0. The minimum absolute atomic E-state index is 0.363. The summed E-state index contributed by atoms with van der Waals surface area (Å²) < 4.78 is 1.08. The molecule has 1 saturated heterocycles. The van der Waals surface area contributed by atoms with Gasteiger partial charge in [0.15, 0.2) is 0 Å². The first-order valence-electron chi connectivity index (χ1n) is 4.33. The van der Waals surface area contributed by atoms with Gasteiger partial charge >= 0.3 is 0 Å². The molecule has 1 aromatic heterocycles. The number of rotatable bonds is 2. The molecule has 0 aliphatic carbocycles. The third-order valence-electron chi connectivity index (χ3n) is 2.19. The second kappa shape index (κ2) is 3.74. The molecule has 1 aromatic rings. The van der Waals surface area contributed by atoms with E-state index in [1.165, 1.54) is 0 Å². The largest absolute Gasteiger partial charge is 0.325 e. The lowest BCUT2D eigenvalue weighted by atomic mass is 10.1. The molecule has 4 heteroatoms. The average Bonchev–Trinajstić information content (AvgIpc) is 2.06. The smallest absolute Gasteiger partial charge is 0.0685 e. The highest BCUT2D eigenvalue weighted by Gasteiger charge is 2.23. The van der Waals surface area contributed by atoms with Gasteiger partial charge in [0.2, 0.25) is 0 Å². The second-order valence-corrected chi connectivity index (χ2v) is 4.24. The van der Waals surface area contributed by atoms with Crippen LogP contribution in [-0.2, 0) is 6.54 Å². The zero-order valence-electron chi connectivity index (χ0n) is 7.28. The van der Waals surface area contributed by atoms with Gasteiger partial charge in [0, 0.05) is 36.3 Å². The van der Waals surface area contributed by atoms with Gasteiger partial charge in [-0.1, -0.05) is 0 Å². The number of nitrogens with zero attached hydrogens (tertiary/aromatic N) is 2. The molecule has 2 rings (SSSR count). The van der Waals surface area contributed by atoms with Crippen LogP contribution in [0.3, 0.4) is 0 Å². The van der Waals surface area contributed by atoms with Crippen molar-refractivity contribution in [2.45, 2.75) is 12.6 Å². The number of hydrogen-bond donors (Lipinski definition) is 1. The van der Waals surface area contributed by atoms with Crippen molar-refractivity contribution < 1.29 is 0 Å². The van der Waals surface area contributed by atoms with Crippen molar-refractivity contribution in [1.82, 2.24) is 9.88 Å². The SMILES string of the molecule is NC1CN(Cc2ncccc2Br)C1.